The molecule has 2 saturated heterocycles. The Morgan fingerprint density at radius 1 is 1.37 bits per heavy atom. The highest BCUT2D eigenvalue weighted by molar-refractivity contribution is 6.30. The average molecular weight is 279 g/mol. The van der Waals surface area contributed by atoms with Crippen LogP contribution in [0, 0.1) is 11.8 Å². The third kappa shape index (κ3) is 2.20. The van der Waals surface area contributed by atoms with Crippen LogP contribution in [-0.2, 0) is 0 Å². The zero-order chi connectivity index (χ0) is 13.6. The molecule has 1 N–H and O–H groups in total. The smallest absolute Gasteiger partial charge is 0.0409 e. The molecule has 0 spiro atoms. The predicted molar refractivity (Wildman–Crippen MR) is 80.5 cm³/mol. The standard InChI is InChI=1S/C16H23ClN2/c1-11(12-5-4-6-14(17)7-12)19-10-13-8-18-9-15(13)16(19,2)3/h4-7,11,13,15,18H,8-10H2,1-3H3. The van der Waals surface area contributed by atoms with Crippen molar-refractivity contribution in [3.8, 4) is 0 Å². The van der Waals surface area contributed by atoms with Crippen LogP contribution in [0.25, 0.3) is 0 Å². The van der Waals surface area contributed by atoms with Crippen LogP contribution in [0.4, 0.5) is 0 Å². The van der Waals surface area contributed by atoms with Crippen molar-refractivity contribution in [1.82, 2.24) is 10.2 Å². The van der Waals surface area contributed by atoms with Gasteiger partial charge >= 0.3 is 0 Å². The molecule has 0 saturated carbocycles. The van der Waals surface area contributed by atoms with Gasteiger partial charge in [-0.05, 0) is 56.8 Å². The number of rotatable bonds is 2. The lowest BCUT2D eigenvalue weighted by atomic mass is 9.84. The summed E-state index contributed by atoms with van der Waals surface area (Å²) in [6.45, 7) is 10.6. The largest absolute Gasteiger partial charge is 0.316 e. The molecule has 0 aliphatic carbocycles. The molecule has 3 rings (SSSR count). The number of halogens is 1. The van der Waals surface area contributed by atoms with Gasteiger partial charge in [-0.15, -0.1) is 0 Å². The summed E-state index contributed by atoms with van der Waals surface area (Å²) in [4.78, 5) is 2.66. The number of likely N-dealkylation sites (tertiary alicyclic amines) is 1. The molecule has 3 unspecified atom stereocenters. The van der Waals surface area contributed by atoms with Gasteiger partial charge in [0, 0.05) is 29.7 Å². The van der Waals surface area contributed by atoms with Crippen LogP contribution >= 0.6 is 11.6 Å². The van der Waals surface area contributed by atoms with Crippen molar-refractivity contribution in [1.29, 1.82) is 0 Å². The van der Waals surface area contributed by atoms with E-state index in [9.17, 15) is 0 Å². The van der Waals surface area contributed by atoms with E-state index in [1.165, 1.54) is 18.7 Å². The average Bonchev–Trinajstić information content (AvgIpc) is 2.91. The number of hydrogen-bond donors (Lipinski definition) is 1. The molecule has 0 bridgehead atoms. The molecule has 1 aromatic carbocycles. The topological polar surface area (TPSA) is 15.3 Å². The molecule has 2 aliphatic rings. The Morgan fingerprint density at radius 2 is 2.16 bits per heavy atom. The van der Waals surface area contributed by atoms with Crippen molar-refractivity contribution in [2.24, 2.45) is 11.8 Å². The van der Waals surface area contributed by atoms with Crippen LogP contribution in [0.5, 0.6) is 0 Å². The number of fused-ring (bicyclic) bond motifs is 1. The lowest BCUT2D eigenvalue weighted by Gasteiger charge is -2.40. The van der Waals surface area contributed by atoms with Crippen LogP contribution in [0.15, 0.2) is 24.3 Å². The minimum atomic E-state index is 0.260. The SMILES string of the molecule is CC(c1cccc(Cl)c1)N1CC2CNCC2C1(C)C. The van der Waals surface area contributed by atoms with E-state index in [0.717, 1.165) is 23.4 Å². The molecule has 104 valence electrons. The van der Waals surface area contributed by atoms with Gasteiger partial charge in [-0.25, -0.2) is 0 Å². The molecule has 2 fully saturated rings. The van der Waals surface area contributed by atoms with E-state index in [-0.39, 0.29) is 5.54 Å². The van der Waals surface area contributed by atoms with E-state index in [4.69, 9.17) is 11.6 Å². The van der Waals surface area contributed by atoms with Gasteiger partial charge in [0.15, 0.2) is 0 Å². The van der Waals surface area contributed by atoms with Crippen LogP contribution in [0.2, 0.25) is 5.02 Å². The summed E-state index contributed by atoms with van der Waals surface area (Å²) in [5.41, 5.74) is 1.59. The van der Waals surface area contributed by atoms with E-state index < -0.39 is 0 Å². The van der Waals surface area contributed by atoms with Gasteiger partial charge in [0.05, 0.1) is 0 Å². The second kappa shape index (κ2) is 4.76. The maximum Gasteiger partial charge on any atom is 0.0409 e. The van der Waals surface area contributed by atoms with Crippen LogP contribution in [-0.4, -0.2) is 30.1 Å². The van der Waals surface area contributed by atoms with Gasteiger partial charge in [-0.2, -0.15) is 0 Å². The van der Waals surface area contributed by atoms with E-state index in [0.29, 0.717) is 6.04 Å². The maximum atomic E-state index is 6.13. The zero-order valence-electron chi connectivity index (χ0n) is 12.0. The lowest BCUT2D eigenvalue weighted by Crippen LogP contribution is -2.45. The predicted octanol–water partition coefficient (Wildman–Crippen LogP) is 3.33. The Hall–Kier alpha value is -0.570. The molecule has 3 heteroatoms. The molecule has 0 amide bonds. The molecule has 3 atom stereocenters. The van der Waals surface area contributed by atoms with E-state index >= 15 is 0 Å². The molecular formula is C16H23ClN2. The summed E-state index contributed by atoms with van der Waals surface area (Å²) in [5, 5.41) is 4.38. The molecule has 2 aliphatic heterocycles. The van der Waals surface area contributed by atoms with Crippen LogP contribution < -0.4 is 5.32 Å². The number of benzene rings is 1. The molecule has 19 heavy (non-hydrogen) atoms. The summed E-state index contributed by atoms with van der Waals surface area (Å²) in [7, 11) is 0. The van der Waals surface area contributed by atoms with E-state index in [1.54, 1.807) is 0 Å². The summed E-state index contributed by atoms with van der Waals surface area (Å²) in [5.74, 6) is 1.57. The Kier molecular flexibility index (Phi) is 3.36. The summed E-state index contributed by atoms with van der Waals surface area (Å²) in [6, 6.07) is 8.73. The van der Waals surface area contributed by atoms with Crippen molar-refractivity contribution in [3.63, 3.8) is 0 Å². The van der Waals surface area contributed by atoms with Crippen molar-refractivity contribution in [2.75, 3.05) is 19.6 Å². The second-order valence-electron chi connectivity index (χ2n) is 6.56. The van der Waals surface area contributed by atoms with Gasteiger partial charge in [-0.3, -0.25) is 4.90 Å². The molecule has 1 aromatic rings. The fourth-order valence-electron chi connectivity index (χ4n) is 4.06. The summed E-state index contributed by atoms with van der Waals surface area (Å²) >= 11 is 6.13. The zero-order valence-corrected chi connectivity index (χ0v) is 12.7. The minimum absolute atomic E-state index is 0.260. The highest BCUT2D eigenvalue weighted by Gasteiger charge is 2.50. The number of nitrogens with zero attached hydrogens (tertiary/aromatic N) is 1. The Bertz CT molecular complexity index is 472. The van der Waals surface area contributed by atoms with Gasteiger partial charge < -0.3 is 5.32 Å². The fraction of sp³-hybridized carbons (Fsp3) is 0.625. The Balaban J connectivity index is 1.86. The van der Waals surface area contributed by atoms with Crippen molar-refractivity contribution < 1.29 is 0 Å². The van der Waals surface area contributed by atoms with Gasteiger partial charge in [0.1, 0.15) is 0 Å². The first-order valence-electron chi connectivity index (χ1n) is 7.23. The number of nitrogens with one attached hydrogen (secondary N) is 1. The second-order valence-corrected chi connectivity index (χ2v) is 7.00. The normalized spacial score (nSPS) is 31.4. The molecule has 2 heterocycles. The van der Waals surface area contributed by atoms with Crippen molar-refractivity contribution in [3.05, 3.63) is 34.9 Å². The highest BCUT2D eigenvalue weighted by Crippen LogP contribution is 2.44. The van der Waals surface area contributed by atoms with Gasteiger partial charge in [0.2, 0.25) is 0 Å². The summed E-state index contributed by atoms with van der Waals surface area (Å²) < 4.78 is 0. The minimum Gasteiger partial charge on any atom is -0.316 e. The summed E-state index contributed by atoms with van der Waals surface area (Å²) in [6.07, 6.45) is 0. The third-order valence-corrected chi connectivity index (χ3v) is 5.45. The first-order valence-corrected chi connectivity index (χ1v) is 7.61. The molecule has 0 aromatic heterocycles. The van der Waals surface area contributed by atoms with Crippen LogP contribution in [0.1, 0.15) is 32.4 Å². The first-order chi connectivity index (χ1) is 9.00. The van der Waals surface area contributed by atoms with E-state index in [1.807, 2.05) is 6.07 Å². The Morgan fingerprint density at radius 3 is 2.84 bits per heavy atom. The molecule has 0 radical (unpaired) electrons. The van der Waals surface area contributed by atoms with E-state index in [2.05, 4.69) is 49.2 Å². The fourth-order valence-corrected chi connectivity index (χ4v) is 4.25. The third-order valence-electron chi connectivity index (χ3n) is 5.22. The lowest BCUT2D eigenvalue weighted by molar-refractivity contribution is 0.0971. The maximum absolute atomic E-state index is 6.13. The first kappa shape index (κ1) is 13.4. The molecule has 2 nitrogen and oxygen atoms in total. The van der Waals surface area contributed by atoms with Crippen molar-refractivity contribution in [2.45, 2.75) is 32.4 Å². The van der Waals surface area contributed by atoms with Gasteiger partial charge in [0.25, 0.3) is 0 Å². The van der Waals surface area contributed by atoms with Crippen molar-refractivity contribution >= 4 is 11.6 Å². The monoisotopic (exact) mass is 278 g/mol. The van der Waals surface area contributed by atoms with Crippen LogP contribution in [0.3, 0.4) is 0 Å². The highest BCUT2D eigenvalue weighted by atomic mass is 35.5. The number of hydrogen-bond acceptors (Lipinski definition) is 2. The molecular weight excluding hydrogens is 256 g/mol. The van der Waals surface area contributed by atoms with Gasteiger partial charge in [-0.1, -0.05) is 23.7 Å². The Labute approximate surface area is 121 Å². The quantitative estimate of drug-likeness (QED) is 0.893.